The van der Waals surface area contributed by atoms with Crippen molar-refractivity contribution in [2.45, 2.75) is 51.1 Å². The summed E-state index contributed by atoms with van der Waals surface area (Å²) in [6, 6.07) is 11.0. The molecule has 2 aliphatic rings. The van der Waals surface area contributed by atoms with Crippen LogP contribution in [0.3, 0.4) is 0 Å². The molecule has 1 heterocycles. The fraction of sp³-hybridized carbons (Fsp3) is 0.588. The zero-order valence-electron chi connectivity index (χ0n) is 11.9. The van der Waals surface area contributed by atoms with Crippen molar-refractivity contribution in [3.63, 3.8) is 0 Å². The summed E-state index contributed by atoms with van der Waals surface area (Å²) in [6.45, 7) is 5.61. The first-order valence-corrected chi connectivity index (χ1v) is 7.52. The Labute approximate surface area is 115 Å². The summed E-state index contributed by atoms with van der Waals surface area (Å²) in [6.07, 6.45) is 3.96. The summed E-state index contributed by atoms with van der Waals surface area (Å²) >= 11 is 0. The van der Waals surface area contributed by atoms with Crippen LogP contribution in [0.1, 0.15) is 45.1 Å². The van der Waals surface area contributed by atoms with Gasteiger partial charge in [0.15, 0.2) is 5.78 Å². The van der Waals surface area contributed by atoms with Gasteiger partial charge in [0.1, 0.15) is 5.54 Å². The molecule has 3 atom stereocenters. The summed E-state index contributed by atoms with van der Waals surface area (Å²) in [5.74, 6) is 1.14. The van der Waals surface area contributed by atoms with Crippen molar-refractivity contribution in [2.24, 2.45) is 5.92 Å². The van der Waals surface area contributed by atoms with E-state index >= 15 is 0 Å². The molecule has 1 aliphatic heterocycles. The highest BCUT2D eigenvalue weighted by Gasteiger charge is 2.52. The molecular formula is C17H23NO. The van der Waals surface area contributed by atoms with E-state index in [1.54, 1.807) is 0 Å². The minimum Gasteiger partial charge on any atom is -0.297 e. The van der Waals surface area contributed by atoms with Gasteiger partial charge in [0.2, 0.25) is 0 Å². The SMILES string of the molecule is CC1CN([C@]2(c3ccccc3)CCCCC2=O)C1C. The van der Waals surface area contributed by atoms with Crippen LogP contribution in [-0.4, -0.2) is 23.3 Å². The molecule has 0 bridgehead atoms. The van der Waals surface area contributed by atoms with Crippen LogP contribution in [0.5, 0.6) is 0 Å². The Bertz CT molecular complexity index is 469. The van der Waals surface area contributed by atoms with Crippen molar-refractivity contribution in [3.05, 3.63) is 35.9 Å². The lowest BCUT2D eigenvalue weighted by atomic mass is 9.70. The number of benzene rings is 1. The number of rotatable bonds is 2. The number of carbonyl (C=O) groups is 1. The van der Waals surface area contributed by atoms with E-state index in [2.05, 4.69) is 43.0 Å². The second-order valence-corrected chi connectivity index (χ2v) is 6.23. The van der Waals surface area contributed by atoms with Crippen LogP contribution in [0.4, 0.5) is 0 Å². The van der Waals surface area contributed by atoms with Crippen molar-refractivity contribution in [3.8, 4) is 0 Å². The van der Waals surface area contributed by atoms with Crippen LogP contribution in [0.2, 0.25) is 0 Å². The maximum Gasteiger partial charge on any atom is 0.157 e. The van der Waals surface area contributed by atoms with E-state index in [9.17, 15) is 4.79 Å². The first kappa shape index (κ1) is 12.9. The molecular weight excluding hydrogens is 234 g/mol. The molecule has 102 valence electrons. The highest BCUT2D eigenvalue weighted by Crippen LogP contribution is 2.45. The number of hydrogen-bond donors (Lipinski definition) is 0. The van der Waals surface area contributed by atoms with Crippen LogP contribution in [0.15, 0.2) is 30.3 Å². The molecule has 2 nitrogen and oxygen atoms in total. The van der Waals surface area contributed by atoms with Crippen molar-refractivity contribution < 1.29 is 4.79 Å². The fourth-order valence-corrected chi connectivity index (χ4v) is 3.80. The lowest BCUT2D eigenvalue weighted by Gasteiger charge is -2.57. The number of hydrogen-bond acceptors (Lipinski definition) is 2. The van der Waals surface area contributed by atoms with Crippen molar-refractivity contribution in [2.75, 3.05) is 6.54 Å². The zero-order valence-corrected chi connectivity index (χ0v) is 11.9. The molecule has 1 aromatic carbocycles. The van der Waals surface area contributed by atoms with Crippen LogP contribution in [0.25, 0.3) is 0 Å². The lowest BCUT2D eigenvalue weighted by Crippen LogP contribution is -2.66. The number of ketones is 1. The van der Waals surface area contributed by atoms with E-state index in [0.717, 1.165) is 32.2 Å². The summed E-state index contributed by atoms with van der Waals surface area (Å²) in [5.41, 5.74) is 0.879. The topological polar surface area (TPSA) is 20.3 Å². The predicted molar refractivity (Wildman–Crippen MR) is 76.9 cm³/mol. The molecule has 0 spiro atoms. The molecule has 2 fully saturated rings. The van der Waals surface area contributed by atoms with Crippen molar-refractivity contribution in [1.29, 1.82) is 0 Å². The summed E-state index contributed by atoms with van der Waals surface area (Å²) < 4.78 is 0. The van der Waals surface area contributed by atoms with E-state index in [1.807, 2.05) is 6.07 Å². The van der Waals surface area contributed by atoms with Gasteiger partial charge in [0.25, 0.3) is 0 Å². The van der Waals surface area contributed by atoms with E-state index in [-0.39, 0.29) is 5.54 Å². The first-order valence-electron chi connectivity index (χ1n) is 7.52. The first-order chi connectivity index (χ1) is 9.16. The number of carbonyl (C=O) groups excluding carboxylic acids is 1. The Kier molecular flexibility index (Phi) is 3.22. The van der Waals surface area contributed by atoms with Gasteiger partial charge in [-0.3, -0.25) is 9.69 Å². The largest absolute Gasteiger partial charge is 0.297 e. The van der Waals surface area contributed by atoms with Gasteiger partial charge in [0, 0.05) is 19.0 Å². The minimum absolute atomic E-state index is 0.328. The maximum atomic E-state index is 12.8. The molecule has 1 aliphatic carbocycles. The lowest BCUT2D eigenvalue weighted by molar-refractivity contribution is -0.148. The fourth-order valence-electron chi connectivity index (χ4n) is 3.80. The van der Waals surface area contributed by atoms with Gasteiger partial charge in [-0.15, -0.1) is 0 Å². The molecule has 2 unspecified atom stereocenters. The second-order valence-electron chi connectivity index (χ2n) is 6.23. The molecule has 19 heavy (non-hydrogen) atoms. The summed E-state index contributed by atoms with van der Waals surface area (Å²) in [4.78, 5) is 15.2. The Balaban J connectivity index is 2.03. The van der Waals surface area contributed by atoms with Crippen LogP contribution < -0.4 is 0 Å². The van der Waals surface area contributed by atoms with E-state index in [0.29, 0.717) is 17.7 Å². The molecule has 0 amide bonds. The van der Waals surface area contributed by atoms with Gasteiger partial charge >= 0.3 is 0 Å². The average Bonchev–Trinajstić information content (AvgIpc) is 2.46. The van der Waals surface area contributed by atoms with Gasteiger partial charge in [-0.05, 0) is 31.2 Å². The van der Waals surface area contributed by atoms with E-state index < -0.39 is 0 Å². The highest BCUT2D eigenvalue weighted by atomic mass is 16.1. The summed E-state index contributed by atoms with van der Waals surface area (Å²) in [7, 11) is 0. The number of Topliss-reactive ketones (excluding diaryl/α,β-unsaturated/α-hetero) is 1. The average molecular weight is 257 g/mol. The summed E-state index contributed by atoms with van der Waals surface area (Å²) in [5, 5.41) is 0. The van der Waals surface area contributed by atoms with Crippen LogP contribution in [-0.2, 0) is 10.3 Å². The number of nitrogens with zero attached hydrogens (tertiary/aromatic N) is 1. The molecule has 3 rings (SSSR count). The van der Waals surface area contributed by atoms with Crippen LogP contribution >= 0.6 is 0 Å². The third-order valence-corrected chi connectivity index (χ3v) is 5.20. The smallest absolute Gasteiger partial charge is 0.157 e. The van der Waals surface area contributed by atoms with E-state index in [1.165, 1.54) is 5.56 Å². The van der Waals surface area contributed by atoms with Crippen molar-refractivity contribution >= 4 is 5.78 Å². The van der Waals surface area contributed by atoms with Gasteiger partial charge in [-0.25, -0.2) is 0 Å². The quantitative estimate of drug-likeness (QED) is 0.809. The van der Waals surface area contributed by atoms with Crippen molar-refractivity contribution in [1.82, 2.24) is 4.90 Å². The molecule has 0 N–H and O–H groups in total. The molecule has 2 heteroatoms. The Morgan fingerprint density at radius 2 is 1.89 bits per heavy atom. The third-order valence-electron chi connectivity index (χ3n) is 5.20. The van der Waals surface area contributed by atoms with Gasteiger partial charge in [-0.1, -0.05) is 43.7 Å². The van der Waals surface area contributed by atoms with Gasteiger partial charge in [-0.2, -0.15) is 0 Å². The maximum absolute atomic E-state index is 12.8. The minimum atomic E-state index is -0.328. The molecule has 1 saturated carbocycles. The Hall–Kier alpha value is -1.15. The van der Waals surface area contributed by atoms with E-state index in [4.69, 9.17) is 0 Å². The predicted octanol–water partition coefficient (Wildman–Crippen LogP) is 3.37. The second kappa shape index (κ2) is 4.75. The molecule has 1 saturated heterocycles. The molecule has 0 radical (unpaired) electrons. The Morgan fingerprint density at radius 1 is 1.16 bits per heavy atom. The molecule has 1 aromatic rings. The Morgan fingerprint density at radius 3 is 2.47 bits per heavy atom. The zero-order chi connectivity index (χ0) is 13.5. The molecule has 0 aromatic heterocycles. The normalized spacial score (nSPS) is 36.0. The highest BCUT2D eigenvalue weighted by molar-refractivity contribution is 5.90. The third kappa shape index (κ3) is 1.85. The number of likely N-dealkylation sites (tertiary alicyclic amines) is 1. The standard InChI is InChI=1S/C17H23NO/c1-13-12-18(14(13)2)17(11-7-6-10-16(17)19)15-8-4-3-5-9-15/h3-5,8-9,13-14H,6-7,10-12H2,1-2H3/t13?,14?,17-/m0/s1. The van der Waals surface area contributed by atoms with Crippen LogP contribution in [0, 0.1) is 5.92 Å². The van der Waals surface area contributed by atoms with Gasteiger partial charge < -0.3 is 0 Å². The van der Waals surface area contributed by atoms with Gasteiger partial charge in [0.05, 0.1) is 0 Å². The monoisotopic (exact) mass is 257 g/mol.